The van der Waals surface area contributed by atoms with Crippen LogP contribution in [0.2, 0.25) is 0 Å². The lowest BCUT2D eigenvalue weighted by molar-refractivity contribution is 0.0953. The number of hydrogen-bond acceptors (Lipinski definition) is 11. The average molecular weight is 576 g/mol. The molecule has 4 N–H and O–H groups in total. The van der Waals surface area contributed by atoms with E-state index in [0.717, 1.165) is 24.6 Å². The third kappa shape index (κ3) is 6.13. The smallest absolute Gasteiger partial charge is 0.272 e. The number of amides is 1. The van der Waals surface area contributed by atoms with Gasteiger partial charge in [-0.25, -0.2) is 19.5 Å². The summed E-state index contributed by atoms with van der Waals surface area (Å²) >= 11 is 0. The molecular formula is C30H29N11O2. The highest BCUT2D eigenvalue weighted by atomic mass is 16.3. The number of nitrogens with zero attached hydrogens (tertiary/aromatic N) is 9. The molecule has 0 radical (unpaired) electrons. The number of rotatable bonds is 5. The summed E-state index contributed by atoms with van der Waals surface area (Å²) in [6, 6.07) is 14.1. The third-order valence-electron chi connectivity index (χ3n) is 7.00. The van der Waals surface area contributed by atoms with Crippen molar-refractivity contribution in [2.45, 2.75) is 6.92 Å². The van der Waals surface area contributed by atoms with Gasteiger partial charge in [0.2, 0.25) is 5.82 Å². The fourth-order valence-corrected chi connectivity index (χ4v) is 4.99. The average Bonchev–Trinajstić information content (AvgIpc) is 3.36. The van der Waals surface area contributed by atoms with Crippen LogP contribution >= 0.6 is 0 Å². The van der Waals surface area contributed by atoms with Gasteiger partial charge in [-0.15, -0.1) is 10.2 Å². The molecule has 43 heavy (non-hydrogen) atoms. The van der Waals surface area contributed by atoms with Crippen LogP contribution in [0.15, 0.2) is 67.1 Å². The van der Waals surface area contributed by atoms with E-state index in [1.165, 1.54) is 0 Å². The lowest BCUT2D eigenvalue weighted by Gasteiger charge is -2.25. The van der Waals surface area contributed by atoms with Crippen molar-refractivity contribution in [1.29, 1.82) is 0 Å². The predicted octanol–water partition coefficient (Wildman–Crippen LogP) is 2.01. The molecule has 0 spiro atoms. The predicted molar refractivity (Wildman–Crippen MR) is 161 cm³/mol. The van der Waals surface area contributed by atoms with Gasteiger partial charge in [0.15, 0.2) is 17.2 Å². The van der Waals surface area contributed by atoms with Crippen LogP contribution in [0.4, 0.5) is 17.3 Å². The van der Waals surface area contributed by atoms with Crippen LogP contribution in [0.1, 0.15) is 23.2 Å². The molecule has 216 valence electrons. The van der Waals surface area contributed by atoms with E-state index in [-0.39, 0.29) is 29.8 Å². The van der Waals surface area contributed by atoms with Crippen molar-refractivity contribution in [2.75, 3.05) is 48.3 Å². The van der Waals surface area contributed by atoms with Gasteiger partial charge in [-0.3, -0.25) is 4.79 Å². The van der Waals surface area contributed by atoms with Gasteiger partial charge < -0.3 is 26.0 Å². The quantitative estimate of drug-likeness (QED) is 0.263. The molecule has 1 unspecified atom stereocenters. The molecule has 4 aromatic heterocycles. The zero-order valence-electron chi connectivity index (χ0n) is 23.4. The van der Waals surface area contributed by atoms with E-state index in [1.54, 1.807) is 53.4 Å². The van der Waals surface area contributed by atoms with Gasteiger partial charge in [0.1, 0.15) is 11.6 Å². The highest BCUT2D eigenvalue weighted by Crippen LogP contribution is 2.32. The van der Waals surface area contributed by atoms with Crippen molar-refractivity contribution in [2.24, 2.45) is 5.92 Å². The van der Waals surface area contributed by atoms with Crippen LogP contribution in [0, 0.1) is 17.8 Å². The molecule has 1 amide bonds. The topological polar surface area (TPSA) is 164 Å². The minimum atomic E-state index is -0.338. The number of anilines is 3. The molecule has 0 bridgehead atoms. The normalized spacial score (nSPS) is 15.0. The third-order valence-corrected chi connectivity index (χ3v) is 7.00. The summed E-state index contributed by atoms with van der Waals surface area (Å²) in [5.41, 5.74) is 9.05. The number of nitrogens with two attached hydrogens (primary N) is 1. The minimum absolute atomic E-state index is 0.119. The Morgan fingerprint density at radius 3 is 2.77 bits per heavy atom. The second-order valence-corrected chi connectivity index (χ2v) is 10.2. The van der Waals surface area contributed by atoms with E-state index in [4.69, 9.17) is 5.73 Å². The first-order chi connectivity index (χ1) is 20.9. The van der Waals surface area contributed by atoms with Gasteiger partial charge in [-0.2, -0.15) is 5.10 Å². The number of phenolic OH excluding ortho intramolecular Hbond substituents is 1. The number of nitrogen functional groups attached to an aromatic ring is 1. The van der Waals surface area contributed by atoms with E-state index < -0.39 is 0 Å². The highest BCUT2D eigenvalue weighted by molar-refractivity contribution is 5.93. The largest absolute Gasteiger partial charge is 0.507 e. The van der Waals surface area contributed by atoms with Crippen molar-refractivity contribution in [3.63, 3.8) is 0 Å². The first-order valence-corrected chi connectivity index (χ1v) is 13.8. The van der Waals surface area contributed by atoms with Crippen LogP contribution in [0.5, 0.6) is 5.75 Å². The molecule has 0 saturated carbocycles. The molecule has 1 aromatic carbocycles. The maximum Gasteiger partial charge on any atom is 0.272 e. The number of benzene rings is 1. The second-order valence-electron chi connectivity index (χ2n) is 10.2. The fraction of sp³-hybridized carbons (Fsp3) is 0.233. The van der Waals surface area contributed by atoms with Crippen LogP contribution < -0.4 is 20.9 Å². The molecule has 1 aliphatic heterocycles. The van der Waals surface area contributed by atoms with Crippen molar-refractivity contribution in [3.05, 3.63) is 78.6 Å². The number of para-hydroxylation sites is 1. The first kappa shape index (κ1) is 27.4. The van der Waals surface area contributed by atoms with Crippen molar-refractivity contribution in [3.8, 4) is 28.8 Å². The van der Waals surface area contributed by atoms with Gasteiger partial charge in [0, 0.05) is 56.4 Å². The van der Waals surface area contributed by atoms with Crippen molar-refractivity contribution in [1.82, 2.24) is 40.1 Å². The summed E-state index contributed by atoms with van der Waals surface area (Å²) < 4.78 is 1.54. The Morgan fingerprint density at radius 1 is 1.07 bits per heavy atom. The summed E-state index contributed by atoms with van der Waals surface area (Å²) in [7, 11) is 0. The maximum absolute atomic E-state index is 12.5. The summed E-state index contributed by atoms with van der Waals surface area (Å²) in [4.78, 5) is 30.0. The number of phenols is 1. The second kappa shape index (κ2) is 12.0. The molecule has 6 rings (SSSR count). The molecule has 13 nitrogen and oxygen atoms in total. The Hall–Kier alpha value is -5.77. The summed E-state index contributed by atoms with van der Waals surface area (Å²) in [6.45, 7) is 5.18. The zero-order chi connectivity index (χ0) is 29.8. The van der Waals surface area contributed by atoms with Crippen molar-refractivity contribution < 1.29 is 9.90 Å². The van der Waals surface area contributed by atoms with Crippen LogP contribution in [-0.2, 0) is 0 Å². The Kier molecular flexibility index (Phi) is 7.64. The Bertz CT molecular complexity index is 1810. The molecule has 5 aromatic rings. The summed E-state index contributed by atoms with van der Waals surface area (Å²) in [5, 5.41) is 25.7. The molecule has 1 aliphatic rings. The van der Waals surface area contributed by atoms with E-state index in [2.05, 4.69) is 64.1 Å². The summed E-state index contributed by atoms with van der Waals surface area (Å²) in [5.74, 6) is 7.40. The van der Waals surface area contributed by atoms with E-state index in [9.17, 15) is 9.90 Å². The Morgan fingerprint density at radius 2 is 1.91 bits per heavy atom. The molecule has 1 fully saturated rings. The number of aromatic nitrogens is 7. The van der Waals surface area contributed by atoms with Crippen LogP contribution in [0.25, 0.3) is 16.9 Å². The van der Waals surface area contributed by atoms with Crippen LogP contribution in [0.3, 0.4) is 0 Å². The minimum Gasteiger partial charge on any atom is -0.507 e. The summed E-state index contributed by atoms with van der Waals surface area (Å²) in [6.07, 6.45) is 5.06. The lowest BCUT2D eigenvalue weighted by Crippen LogP contribution is -2.31. The number of carbonyl (C=O) groups is 1. The molecular weight excluding hydrogens is 546 g/mol. The highest BCUT2D eigenvalue weighted by Gasteiger charge is 2.24. The number of aromatic hydroxyl groups is 1. The number of carbonyl (C=O) groups excluding carboxylic acids is 1. The molecule has 1 atom stereocenters. The van der Waals surface area contributed by atoms with Gasteiger partial charge in [0.25, 0.3) is 5.91 Å². The first-order valence-electron chi connectivity index (χ1n) is 13.8. The van der Waals surface area contributed by atoms with E-state index in [1.807, 2.05) is 18.2 Å². The maximum atomic E-state index is 12.5. The fourth-order valence-electron chi connectivity index (χ4n) is 4.99. The standard InChI is InChI=1S/C30H29N11O2/c1-20-18-39(24-16-22(36-37-29(24)31)21-6-2-3-7-25(21)42)14-15-40(19-20)27-9-12-32-26(35-27)8-4-10-34-30(43)23-17-28-33-11-5-13-41(28)38-23/h2-3,5-7,9,11-13,16-17,20,42H,10,14-15,18-19H2,1H3,(H2,31,37)(H,34,43). The van der Waals surface area contributed by atoms with Gasteiger partial charge >= 0.3 is 0 Å². The van der Waals surface area contributed by atoms with E-state index in [0.29, 0.717) is 41.6 Å². The molecule has 13 heteroatoms. The van der Waals surface area contributed by atoms with E-state index >= 15 is 0 Å². The molecule has 1 saturated heterocycles. The number of nitrogens with one attached hydrogen (secondary N) is 1. The Labute approximate surface area is 247 Å². The lowest BCUT2D eigenvalue weighted by atomic mass is 10.1. The number of hydrogen-bond donors (Lipinski definition) is 3. The molecule has 5 heterocycles. The molecule has 0 aliphatic carbocycles. The number of fused-ring (bicyclic) bond motifs is 1. The van der Waals surface area contributed by atoms with Gasteiger partial charge in [-0.05, 0) is 42.2 Å². The van der Waals surface area contributed by atoms with Crippen LogP contribution in [-0.4, -0.2) is 78.5 Å². The SMILES string of the molecule is CC1CN(c2ccnc(C#CCNC(=O)c3cc4ncccn4n3)n2)CCN(c2cc(-c3ccccc3O)nnc2N)C1. The van der Waals surface area contributed by atoms with Crippen molar-refractivity contribution >= 4 is 28.9 Å². The monoisotopic (exact) mass is 575 g/mol. The van der Waals surface area contributed by atoms with Gasteiger partial charge in [0.05, 0.1) is 17.9 Å². The van der Waals surface area contributed by atoms with Gasteiger partial charge in [-0.1, -0.05) is 25.0 Å². The zero-order valence-corrected chi connectivity index (χ0v) is 23.4. The Balaban J connectivity index is 1.11.